The van der Waals surface area contributed by atoms with E-state index in [0.717, 1.165) is 45.7 Å². The van der Waals surface area contributed by atoms with Crippen molar-refractivity contribution in [1.82, 2.24) is 45.2 Å². The number of para-hydroxylation sites is 2. The third kappa shape index (κ3) is 4.89. The molecule has 12 nitrogen and oxygen atoms in total. The van der Waals surface area contributed by atoms with Crippen LogP contribution in [0, 0.1) is 5.92 Å². The van der Waals surface area contributed by atoms with Crippen molar-refractivity contribution in [2.24, 2.45) is 5.92 Å². The molecule has 4 aromatic heterocycles. The van der Waals surface area contributed by atoms with E-state index in [-0.39, 0.29) is 11.1 Å². The molecule has 0 radical (unpaired) electrons. The van der Waals surface area contributed by atoms with Crippen LogP contribution < -0.4 is 16.4 Å². The van der Waals surface area contributed by atoms with Crippen molar-refractivity contribution in [3.8, 4) is 22.6 Å². The van der Waals surface area contributed by atoms with E-state index in [2.05, 4.69) is 50.5 Å². The van der Waals surface area contributed by atoms with Gasteiger partial charge in [-0.25, -0.2) is 0 Å². The molecule has 6 aromatic rings. The number of rotatable bonds is 4. The lowest BCUT2D eigenvalue weighted by molar-refractivity contribution is 0.0971. The standard InChI is InChI=1S/C18H20N6O.C11H8N4O/c25-17-16(13-9-19-14-4-2-1-3-12(13)14)22-23-18(21-17)20-15-10-24-7-5-11(15)6-8-24;16-10-6-13-15-11(14-10)8-5-12-9-4-2-1-3-7(8)9/h1-4,9,11,15,19H,5-8,10H2,(H2,20,21,23,25);1-6,12H,(H,14,15,16)/t15-;/m0./s1. The summed E-state index contributed by atoms with van der Waals surface area (Å²) in [5.41, 5.74) is 3.48. The second-order valence-electron chi connectivity index (χ2n) is 10.4. The van der Waals surface area contributed by atoms with Gasteiger partial charge < -0.3 is 25.2 Å². The Hall–Kier alpha value is -5.10. The number of aromatic nitrogens is 8. The molecule has 0 saturated carbocycles. The fourth-order valence-electron chi connectivity index (χ4n) is 5.85. The first-order valence-corrected chi connectivity index (χ1v) is 13.6. The lowest BCUT2D eigenvalue weighted by Gasteiger charge is -2.44. The second kappa shape index (κ2) is 10.5. The monoisotopic (exact) mass is 548 g/mol. The average molecular weight is 549 g/mol. The number of aromatic amines is 4. The third-order valence-corrected chi connectivity index (χ3v) is 7.94. The Labute approximate surface area is 233 Å². The molecule has 0 amide bonds. The first-order valence-electron chi connectivity index (χ1n) is 13.6. The van der Waals surface area contributed by atoms with E-state index in [9.17, 15) is 9.59 Å². The predicted octanol–water partition coefficient (Wildman–Crippen LogP) is 3.13. The van der Waals surface area contributed by atoms with E-state index in [1.165, 1.54) is 25.9 Å². The summed E-state index contributed by atoms with van der Waals surface area (Å²) in [6.45, 7) is 3.38. The maximum Gasteiger partial charge on any atom is 0.279 e. The molecule has 1 atom stereocenters. The Balaban J connectivity index is 0.000000149. The zero-order valence-electron chi connectivity index (χ0n) is 22.1. The van der Waals surface area contributed by atoms with Crippen LogP contribution in [-0.4, -0.2) is 70.9 Å². The van der Waals surface area contributed by atoms with Gasteiger partial charge in [0.25, 0.3) is 11.1 Å². The van der Waals surface area contributed by atoms with E-state index in [1.807, 2.05) is 60.9 Å². The maximum absolute atomic E-state index is 12.6. The quantitative estimate of drug-likeness (QED) is 0.224. The van der Waals surface area contributed by atoms with Gasteiger partial charge in [-0.15, -0.1) is 15.3 Å². The highest BCUT2D eigenvalue weighted by atomic mass is 16.1. The van der Waals surface area contributed by atoms with Crippen molar-refractivity contribution in [1.29, 1.82) is 0 Å². The highest BCUT2D eigenvalue weighted by Gasteiger charge is 2.34. The maximum atomic E-state index is 12.6. The Kier molecular flexibility index (Phi) is 6.36. The van der Waals surface area contributed by atoms with Crippen molar-refractivity contribution in [3.63, 3.8) is 0 Å². The largest absolute Gasteiger partial charge is 0.360 e. The molecule has 3 saturated heterocycles. The smallest absolute Gasteiger partial charge is 0.279 e. The van der Waals surface area contributed by atoms with Crippen LogP contribution in [-0.2, 0) is 0 Å². The number of fused-ring (bicyclic) bond motifs is 5. The number of piperidine rings is 3. The summed E-state index contributed by atoms with van der Waals surface area (Å²) in [5.74, 6) is 1.60. The summed E-state index contributed by atoms with van der Waals surface area (Å²) in [7, 11) is 0. The zero-order valence-corrected chi connectivity index (χ0v) is 22.1. The molecule has 2 bridgehead atoms. The molecule has 41 heavy (non-hydrogen) atoms. The highest BCUT2D eigenvalue weighted by Crippen LogP contribution is 2.29. The molecule has 12 heteroatoms. The minimum Gasteiger partial charge on any atom is -0.360 e. The highest BCUT2D eigenvalue weighted by molar-refractivity contribution is 5.94. The van der Waals surface area contributed by atoms with Crippen LogP contribution in [0.25, 0.3) is 44.5 Å². The molecule has 2 aromatic carbocycles. The average Bonchev–Trinajstić information content (AvgIpc) is 3.63. The fourth-order valence-corrected chi connectivity index (χ4v) is 5.85. The van der Waals surface area contributed by atoms with E-state index in [4.69, 9.17) is 0 Å². The van der Waals surface area contributed by atoms with Crippen LogP contribution >= 0.6 is 0 Å². The van der Waals surface area contributed by atoms with Crippen LogP contribution in [0.1, 0.15) is 12.8 Å². The summed E-state index contributed by atoms with van der Waals surface area (Å²) in [4.78, 5) is 38.0. The van der Waals surface area contributed by atoms with Gasteiger partial charge in [-0.3, -0.25) is 14.6 Å². The summed E-state index contributed by atoms with van der Waals surface area (Å²) < 4.78 is 0. The molecular formula is C29H28N10O2. The van der Waals surface area contributed by atoms with Crippen LogP contribution in [0.2, 0.25) is 0 Å². The lowest BCUT2D eigenvalue weighted by atomic mass is 9.84. The van der Waals surface area contributed by atoms with Crippen LogP contribution in [0.4, 0.5) is 5.95 Å². The number of hydrogen-bond donors (Lipinski definition) is 5. The Morgan fingerprint density at radius 3 is 2.15 bits per heavy atom. The lowest BCUT2D eigenvalue weighted by Crippen LogP contribution is -2.53. The SMILES string of the molecule is O=c1[nH]c(N[C@H]2CN3CCC2CC3)nnc1-c1c[nH]c2ccccc12.O=c1cnnc(-c2c[nH]c3ccccc23)[nH]1. The zero-order chi connectivity index (χ0) is 27.8. The van der Waals surface area contributed by atoms with E-state index >= 15 is 0 Å². The van der Waals surface area contributed by atoms with Gasteiger partial charge in [0.15, 0.2) is 11.5 Å². The molecule has 9 rings (SSSR count). The molecule has 0 spiro atoms. The molecule has 3 aliphatic heterocycles. The van der Waals surface area contributed by atoms with Gasteiger partial charge in [0.2, 0.25) is 5.95 Å². The fraction of sp³-hybridized carbons (Fsp3) is 0.241. The summed E-state index contributed by atoms with van der Waals surface area (Å²) in [6, 6.07) is 16.0. The van der Waals surface area contributed by atoms with E-state index < -0.39 is 0 Å². The summed E-state index contributed by atoms with van der Waals surface area (Å²) in [6.07, 6.45) is 7.19. The van der Waals surface area contributed by atoms with Gasteiger partial charge in [-0.1, -0.05) is 36.4 Å². The first-order chi connectivity index (χ1) is 20.1. The van der Waals surface area contributed by atoms with Gasteiger partial charge in [0, 0.05) is 57.9 Å². The van der Waals surface area contributed by atoms with Gasteiger partial charge in [-0.2, -0.15) is 5.10 Å². The van der Waals surface area contributed by atoms with Gasteiger partial charge in [-0.05, 0) is 44.0 Å². The molecule has 3 aliphatic rings. The third-order valence-electron chi connectivity index (χ3n) is 7.94. The summed E-state index contributed by atoms with van der Waals surface area (Å²) >= 11 is 0. The molecule has 5 N–H and O–H groups in total. The van der Waals surface area contributed by atoms with Gasteiger partial charge in [0.1, 0.15) is 6.20 Å². The van der Waals surface area contributed by atoms with Crippen LogP contribution in [0.15, 0.2) is 76.7 Å². The number of nitrogens with zero attached hydrogens (tertiary/aromatic N) is 5. The molecule has 206 valence electrons. The van der Waals surface area contributed by atoms with Crippen molar-refractivity contribution < 1.29 is 0 Å². The minimum atomic E-state index is -0.254. The first kappa shape index (κ1) is 24.9. The molecule has 7 heterocycles. The second-order valence-corrected chi connectivity index (χ2v) is 10.4. The van der Waals surface area contributed by atoms with Gasteiger partial charge >= 0.3 is 0 Å². The topological polar surface area (TPSA) is 164 Å². The molecule has 0 unspecified atom stereocenters. The van der Waals surface area contributed by atoms with E-state index in [1.54, 1.807) is 0 Å². The molecule has 3 fully saturated rings. The van der Waals surface area contributed by atoms with E-state index in [0.29, 0.717) is 29.4 Å². The van der Waals surface area contributed by atoms with Crippen molar-refractivity contribution in [2.45, 2.75) is 18.9 Å². The number of H-pyrrole nitrogens is 4. The Bertz CT molecular complexity index is 1950. The van der Waals surface area contributed by atoms with Crippen LogP contribution in [0.5, 0.6) is 0 Å². The van der Waals surface area contributed by atoms with Gasteiger partial charge in [0.05, 0.1) is 0 Å². The van der Waals surface area contributed by atoms with Crippen molar-refractivity contribution in [3.05, 3.63) is 87.8 Å². The number of benzene rings is 2. The number of nitrogens with one attached hydrogen (secondary N) is 5. The number of anilines is 1. The Morgan fingerprint density at radius 1 is 0.805 bits per heavy atom. The minimum absolute atomic E-state index is 0.219. The van der Waals surface area contributed by atoms with Crippen molar-refractivity contribution >= 4 is 27.8 Å². The molecule has 0 aliphatic carbocycles. The molecular weight excluding hydrogens is 520 g/mol. The number of hydrogen-bond acceptors (Lipinski definition) is 8. The van der Waals surface area contributed by atoms with Crippen molar-refractivity contribution in [2.75, 3.05) is 25.0 Å². The normalized spacial score (nSPS) is 19.7. The summed E-state index contributed by atoms with van der Waals surface area (Å²) in [5, 5.41) is 21.4. The Morgan fingerprint density at radius 2 is 1.49 bits per heavy atom. The predicted molar refractivity (Wildman–Crippen MR) is 156 cm³/mol. The van der Waals surface area contributed by atoms with Crippen LogP contribution in [0.3, 0.4) is 0 Å².